The molecule has 1 saturated carbocycles. The van der Waals surface area contributed by atoms with E-state index in [0.717, 1.165) is 0 Å². The van der Waals surface area contributed by atoms with E-state index in [9.17, 15) is 18.0 Å². The second-order valence-corrected chi connectivity index (χ2v) is 4.71. The zero-order chi connectivity index (χ0) is 12.0. The molecule has 92 valence electrons. The molecule has 0 aromatic heterocycles. The average Bonchev–Trinajstić information content (AvgIpc) is 2.81. The third-order valence-corrected chi connectivity index (χ3v) is 3.52. The zero-order valence-corrected chi connectivity index (χ0v) is 9.03. The maximum Gasteiger partial charge on any atom is 0.411 e. The molecule has 0 aromatic carbocycles. The molecule has 2 unspecified atom stereocenters. The van der Waals surface area contributed by atoms with Crippen molar-refractivity contribution in [2.24, 2.45) is 5.92 Å². The van der Waals surface area contributed by atoms with Crippen LogP contribution in [0.25, 0.3) is 0 Å². The van der Waals surface area contributed by atoms with Gasteiger partial charge in [0, 0.05) is 6.04 Å². The van der Waals surface area contributed by atoms with Crippen molar-refractivity contribution in [1.82, 2.24) is 10.6 Å². The Hall–Kier alpha value is -0.780. The van der Waals surface area contributed by atoms with Crippen LogP contribution in [0.1, 0.15) is 26.2 Å². The Bertz CT molecular complexity index is 299. The SMILES string of the molecule is CC1NCCC1C(=O)NC1(C(F)(F)F)CC1. The Labute approximate surface area is 91.8 Å². The number of nitrogens with one attached hydrogen (secondary N) is 2. The van der Waals surface area contributed by atoms with Crippen molar-refractivity contribution >= 4 is 5.91 Å². The van der Waals surface area contributed by atoms with Gasteiger partial charge in [-0.15, -0.1) is 0 Å². The lowest BCUT2D eigenvalue weighted by atomic mass is 10.0. The van der Waals surface area contributed by atoms with Crippen LogP contribution in [-0.4, -0.2) is 30.2 Å². The fraction of sp³-hybridized carbons (Fsp3) is 0.900. The number of halogens is 3. The molecule has 1 heterocycles. The van der Waals surface area contributed by atoms with Crippen molar-refractivity contribution in [3.05, 3.63) is 0 Å². The molecular formula is C10H15F3N2O. The number of amides is 1. The second kappa shape index (κ2) is 3.61. The summed E-state index contributed by atoms with van der Waals surface area (Å²) in [5.74, 6) is -0.799. The van der Waals surface area contributed by atoms with Gasteiger partial charge >= 0.3 is 6.18 Å². The molecule has 1 aliphatic carbocycles. The van der Waals surface area contributed by atoms with Gasteiger partial charge in [0.2, 0.25) is 5.91 Å². The van der Waals surface area contributed by atoms with E-state index in [2.05, 4.69) is 10.6 Å². The van der Waals surface area contributed by atoms with Gasteiger partial charge in [-0.1, -0.05) is 0 Å². The highest BCUT2D eigenvalue weighted by molar-refractivity contribution is 5.81. The minimum atomic E-state index is -4.32. The van der Waals surface area contributed by atoms with Gasteiger partial charge in [-0.3, -0.25) is 4.79 Å². The van der Waals surface area contributed by atoms with E-state index in [1.54, 1.807) is 0 Å². The Morgan fingerprint density at radius 1 is 1.44 bits per heavy atom. The molecule has 0 radical (unpaired) electrons. The number of hydrogen-bond acceptors (Lipinski definition) is 2. The van der Waals surface area contributed by atoms with Crippen LogP contribution in [0.4, 0.5) is 13.2 Å². The number of hydrogen-bond donors (Lipinski definition) is 2. The van der Waals surface area contributed by atoms with Gasteiger partial charge in [-0.2, -0.15) is 13.2 Å². The van der Waals surface area contributed by atoms with Crippen LogP contribution < -0.4 is 10.6 Å². The van der Waals surface area contributed by atoms with Crippen LogP contribution in [0.2, 0.25) is 0 Å². The standard InChI is InChI=1S/C10H15F3N2O/c1-6-7(2-5-14-6)8(16)15-9(3-4-9)10(11,12)13/h6-7,14H,2-5H2,1H3,(H,15,16). The van der Waals surface area contributed by atoms with Crippen LogP contribution in [-0.2, 0) is 4.79 Å². The quantitative estimate of drug-likeness (QED) is 0.756. The molecule has 2 aliphatic rings. The molecule has 0 bridgehead atoms. The summed E-state index contributed by atoms with van der Waals surface area (Å²) in [5, 5.41) is 5.23. The predicted molar refractivity (Wildman–Crippen MR) is 51.7 cm³/mol. The number of carbonyl (C=O) groups is 1. The number of carbonyl (C=O) groups excluding carboxylic acids is 1. The van der Waals surface area contributed by atoms with E-state index in [1.165, 1.54) is 0 Å². The molecule has 3 nitrogen and oxygen atoms in total. The molecule has 16 heavy (non-hydrogen) atoms. The van der Waals surface area contributed by atoms with Crippen molar-refractivity contribution in [2.45, 2.75) is 43.9 Å². The Balaban J connectivity index is 1.98. The highest BCUT2D eigenvalue weighted by atomic mass is 19.4. The molecule has 2 fully saturated rings. The van der Waals surface area contributed by atoms with E-state index < -0.39 is 17.6 Å². The van der Waals surface area contributed by atoms with Crippen LogP contribution in [0.5, 0.6) is 0 Å². The summed E-state index contributed by atoms with van der Waals surface area (Å²) in [5.41, 5.74) is -1.92. The smallest absolute Gasteiger partial charge is 0.342 e. The second-order valence-electron chi connectivity index (χ2n) is 4.71. The molecule has 2 rings (SSSR count). The van der Waals surface area contributed by atoms with E-state index in [-0.39, 0.29) is 24.8 Å². The lowest BCUT2D eigenvalue weighted by Gasteiger charge is -2.23. The maximum absolute atomic E-state index is 12.6. The van der Waals surface area contributed by atoms with Crippen LogP contribution in [0.3, 0.4) is 0 Å². The van der Waals surface area contributed by atoms with Crippen molar-refractivity contribution in [2.75, 3.05) is 6.54 Å². The van der Waals surface area contributed by atoms with Gasteiger partial charge in [0.25, 0.3) is 0 Å². The first-order valence-corrected chi connectivity index (χ1v) is 5.48. The van der Waals surface area contributed by atoms with E-state index in [1.807, 2.05) is 6.92 Å². The first kappa shape index (κ1) is 11.7. The summed E-state index contributed by atoms with van der Waals surface area (Å²) in [7, 11) is 0. The molecule has 0 aromatic rings. The largest absolute Gasteiger partial charge is 0.411 e. The Morgan fingerprint density at radius 2 is 2.06 bits per heavy atom. The fourth-order valence-electron chi connectivity index (χ4n) is 2.15. The summed E-state index contributed by atoms with van der Waals surface area (Å²) in [6.07, 6.45) is -3.69. The molecule has 1 saturated heterocycles. The third kappa shape index (κ3) is 1.90. The lowest BCUT2D eigenvalue weighted by molar-refractivity contribution is -0.171. The number of alkyl halides is 3. The highest BCUT2D eigenvalue weighted by Crippen LogP contribution is 2.49. The normalized spacial score (nSPS) is 32.5. The Morgan fingerprint density at radius 3 is 2.44 bits per heavy atom. The molecule has 0 spiro atoms. The molecule has 1 amide bonds. The van der Waals surface area contributed by atoms with Crippen molar-refractivity contribution in [1.29, 1.82) is 0 Å². The molecule has 6 heteroatoms. The topological polar surface area (TPSA) is 41.1 Å². The molecular weight excluding hydrogens is 221 g/mol. The summed E-state index contributed by atoms with van der Waals surface area (Å²) in [6, 6.07) is -0.0379. The van der Waals surface area contributed by atoms with Gasteiger partial charge in [-0.25, -0.2) is 0 Å². The van der Waals surface area contributed by atoms with Gasteiger partial charge in [0.15, 0.2) is 0 Å². The maximum atomic E-state index is 12.6. The summed E-state index contributed by atoms with van der Waals surface area (Å²) in [6.45, 7) is 2.52. The predicted octanol–water partition coefficient (Wildman–Crippen LogP) is 1.20. The molecule has 2 atom stereocenters. The minimum absolute atomic E-state index is 0.0107. The van der Waals surface area contributed by atoms with Gasteiger partial charge in [0.05, 0.1) is 5.92 Å². The summed E-state index contributed by atoms with van der Waals surface area (Å²) < 4.78 is 37.8. The summed E-state index contributed by atoms with van der Waals surface area (Å²) in [4.78, 5) is 11.7. The van der Waals surface area contributed by atoms with Crippen LogP contribution in [0, 0.1) is 5.92 Å². The van der Waals surface area contributed by atoms with Crippen molar-refractivity contribution in [3.8, 4) is 0 Å². The van der Waals surface area contributed by atoms with Crippen LogP contribution >= 0.6 is 0 Å². The first-order chi connectivity index (χ1) is 7.36. The lowest BCUT2D eigenvalue weighted by Crippen LogP contribution is -2.51. The van der Waals surface area contributed by atoms with Gasteiger partial charge < -0.3 is 10.6 Å². The van der Waals surface area contributed by atoms with Crippen LogP contribution in [0.15, 0.2) is 0 Å². The highest BCUT2D eigenvalue weighted by Gasteiger charge is 2.64. The van der Waals surface area contributed by atoms with Crippen molar-refractivity contribution < 1.29 is 18.0 Å². The third-order valence-electron chi connectivity index (χ3n) is 3.52. The van der Waals surface area contributed by atoms with E-state index in [0.29, 0.717) is 13.0 Å². The minimum Gasteiger partial charge on any atom is -0.342 e. The van der Waals surface area contributed by atoms with Gasteiger partial charge in [0.1, 0.15) is 5.54 Å². The summed E-state index contributed by atoms with van der Waals surface area (Å²) >= 11 is 0. The first-order valence-electron chi connectivity index (χ1n) is 5.48. The van der Waals surface area contributed by atoms with E-state index in [4.69, 9.17) is 0 Å². The molecule has 1 aliphatic heterocycles. The Kier molecular flexibility index (Phi) is 2.64. The van der Waals surface area contributed by atoms with Gasteiger partial charge in [-0.05, 0) is 32.7 Å². The number of rotatable bonds is 2. The monoisotopic (exact) mass is 236 g/mol. The molecule has 2 N–H and O–H groups in total. The van der Waals surface area contributed by atoms with E-state index >= 15 is 0 Å². The average molecular weight is 236 g/mol. The zero-order valence-electron chi connectivity index (χ0n) is 9.03. The van der Waals surface area contributed by atoms with Crippen molar-refractivity contribution in [3.63, 3.8) is 0 Å². The fourth-order valence-corrected chi connectivity index (χ4v) is 2.15.